The van der Waals surface area contributed by atoms with Crippen LogP contribution in [0, 0.1) is 6.92 Å². The molecule has 1 aliphatic heterocycles. The van der Waals surface area contributed by atoms with Crippen LogP contribution in [0.5, 0.6) is 0 Å². The normalized spacial score (nSPS) is 23.9. The first-order valence-electron chi connectivity index (χ1n) is 8.18. The Balaban J connectivity index is 2.09. The highest BCUT2D eigenvalue weighted by atomic mass is 15.3. The Kier molecular flexibility index (Phi) is 5.28. The van der Waals surface area contributed by atoms with Crippen molar-refractivity contribution < 1.29 is 0 Å². The molecular weight excluding hydrogens is 258 g/mol. The number of hydrogen-bond donors (Lipinski definition) is 1. The van der Waals surface area contributed by atoms with Gasteiger partial charge in [0.25, 0.3) is 0 Å². The lowest BCUT2D eigenvalue weighted by atomic mass is 10.0. The number of rotatable bonds is 4. The standard InChI is InChI=1S/C18H31N3/c1-13(2)19-10-17-7-8-18(9-14(17)3)21-11-15(4)20(6)16(5)12-21/h7-9,13,15-16,19H,10-12H2,1-6H3. The Bertz CT molecular complexity index is 458. The van der Waals surface area contributed by atoms with E-state index < -0.39 is 0 Å². The first-order chi connectivity index (χ1) is 9.88. The topological polar surface area (TPSA) is 18.5 Å². The molecule has 1 fully saturated rings. The minimum atomic E-state index is 0.531. The van der Waals surface area contributed by atoms with E-state index in [1.54, 1.807) is 0 Å². The molecule has 1 aromatic carbocycles. The predicted octanol–water partition coefficient (Wildman–Crippen LogP) is 3.02. The molecule has 21 heavy (non-hydrogen) atoms. The predicted molar refractivity (Wildman–Crippen MR) is 92.1 cm³/mol. The van der Waals surface area contributed by atoms with E-state index in [1.165, 1.54) is 16.8 Å². The van der Waals surface area contributed by atoms with Crippen LogP contribution in [-0.4, -0.2) is 43.2 Å². The molecule has 0 radical (unpaired) electrons. The summed E-state index contributed by atoms with van der Waals surface area (Å²) in [5.41, 5.74) is 4.16. The Hall–Kier alpha value is -1.06. The smallest absolute Gasteiger partial charge is 0.0370 e. The number of anilines is 1. The lowest BCUT2D eigenvalue weighted by Crippen LogP contribution is -2.55. The van der Waals surface area contributed by atoms with Crippen molar-refractivity contribution in [2.24, 2.45) is 0 Å². The first-order valence-corrected chi connectivity index (χ1v) is 8.18. The summed E-state index contributed by atoms with van der Waals surface area (Å²) in [6.07, 6.45) is 0. The van der Waals surface area contributed by atoms with E-state index in [9.17, 15) is 0 Å². The van der Waals surface area contributed by atoms with Crippen molar-refractivity contribution in [2.75, 3.05) is 25.0 Å². The zero-order chi connectivity index (χ0) is 15.6. The summed E-state index contributed by atoms with van der Waals surface area (Å²) in [6.45, 7) is 14.4. The number of nitrogens with zero attached hydrogens (tertiary/aromatic N) is 2. The number of likely N-dealkylation sites (N-methyl/N-ethyl adjacent to an activating group) is 1. The average molecular weight is 289 g/mol. The highest BCUT2D eigenvalue weighted by Gasteiger charge is 2.26. The number of hydrogen-bond acceptors (Lipinski definition) is 3. The van der Waals surface area contributed by atoms with E-state index in [4.69, 9.17) is 0 Å². The van der Waals surface area contributed by atoms with Crippen LogP contribution in [-0.2, 0) is 6.54 Å². The van der Waals surface area contributed by atoms with Gasteiger partial charge in [0.1, 0.15) is 0 Å². The average Bonchev–Trinajstić information content (AvgIpc) is 2.42. The summed E-state index contributed by atoms with van der Waals surface area (Å²) >= 11 is 0. The zero-order valence-electron chi connectivity index (χ0n) is 14.5. The molecule has 1 saturated heterocycles. The molecule has 2 atom stereocenters. The molecule has 0 spiro atoms. The molecule has 3 nitrogen and oxygen atoms in total. The summed E-state index contributed by atoms with van der Waals surface area (Å²) in [4.78, 5) is 5.01. The van der Waals surface area contributed by atoms with Gasteiger partial charge in [-0.2, -0.15) is 0 Å². The zero-order valence-corrected chi connectivity index (χ0v) is 14.5. The summed E-state index contributed by atoms with van der Waals surface area (Å²) in [7, 11) is 2.23. The van der Waals surface area contributed by atoms with E-state index in [-0.39, 0.29) is 0 Å². The fourth-order valence-electron chi connectivity index (χ4n) is 3.00. The van der Waals surface area contributed by atoms with E-state index >= 15 is 0 Å². The minimum absolute atomic E-state index is 0.531. The maximum absolute atomic E-state index is 3.50. The maximum Gasteiger partial charge on any atom is 0.0370 e. The quantitative estimate of drug-likeness (QED) is 0.919. The molecule has 0 bridgehead atoms. The molecule has 3 heteroatoms. The monoisotopic (exact) mass is 289 g/mol. The largest absolute Gasteiger partial charge is 0.368 e. The molecule has 1 aromatic rings. The number of benzene rings is 1. The molecule has 1 heterocycles. The second-order valence-corrected chi connectivity index (χ2v) is 6.91. The SMILES string of the molecule is Cc1cc(N2CC(C)N(C)C(C)C2)ccc1CNC(C)C. The van der Waals surface area contributed by atoms with E-state index in [0.29, 0.717) is 18.1 Å². The molecule has 2 rings (SSSR count). The van der Waals surface area contributed by atoms with Crippen molar-refractivity contribution in [2.45, 2.75) is 59.3 Å². The van der Waals surface area contributed by atoms with Crippen LogP contribution in [0.3, 0.4) is 0 Å². The lowest BCUT2D eigenvalue weighted by Gasteiger charge is -2.43. The summed E-state index contributed by atoms with van der Waals surface area (Å²) in [5.74, 6) is 0. The van der Waals surface area contributed by atoms with E-state index in [0.717, 1.165) is 19.6 Å². The van der Waals surface area contributed by atoms with Crippen LogP contribution in [0.4, 0.5) is 5.69 Å². The van der Waals surface area contributed by atoms with Gasteiger partial charge in [-0.3, -0.25) is 4.90 Å². The van der Waals surface area contributed by atoms with Gasteiger partial charge in [0.15, 0.2) is 0 Å². The Labute approximate surface area is 130 Å². The molecular formula is C18H31N3. The molecule has 118 valence electrons. The molecule has 2 unspecified atom stereocenters. The van der Waals surface area contributed by atoms with Gasteiger partial charge in [-0.05, 0) is 51.1 Å². The van der Waals surface area contributed by atoms with Crippen molar-refractivity contribution >= 4 is 5.69 Å². The third-order valence-corrected chi connectivity index (χ3v) is 4.75. The Morgan fingerprint density at radius 3 is 2.33 bits per heavy atom. The van der Waals surface area contributed by atoms with Crippen LogP contribution in [0.15, 0.2) is 18.2 Å². The molecule has 0 aliphatic carbocycles. The van der Waals surface area contributed by atoms with Gasteiger partial charge < -0.3 is 10.2 Å². The number of aryl methyl sites for hydroxylation is 1. The summed E-state index contributed by atoms with van der Waals surface area (Å²) < 4.78 is 0. The second kappa shape index (κ2) is 6.80. The van der Waals surface area contributed by atoms with Crippen LogP contribution in [0.2, 0.25) is 0 Å². The fraction of sp³-hybridized carbons (Fsp3) is 0.667. The maximum atomic E-state index is 3.50. The third kappa shape index (κ3) is 3.98. The van der Waals surface area contributed by atoms with E-state index in [2.05, 4.69) is 75.0 Å². The van der Waals surface area contributed by atoms with Crippen molar-refractivity contribution in [3.05, 3.63) is 29.3 Å². The van der Waals surface area contributed by atoms with Crippen molar-refractivity contribution in [3.8, 4) is 0 Å². The van der Waals surface area contributed by atoms with Gasteiger partial charge in [0.05, 0.1) is 0 Å². The molecule has 0 amide bonds. The molecule has 1 N–H and O–H groups in total. The van der Waals surface area contributed by atoms with Gasteiger partial charge in [-0.15, -0.1) is 0 Å². The lowest BCUT2D eigenvalue weighted by molar-refractivity contribution is 0.170. The number of nitrogens with one attached hydrogen (secondary N) is 1. The molecule has 0 saturated carbocycles. The Morgan fingerprint density at radius 2 is 1.81 bits per heavy atom. The van der Waals surface area contributed by atoms with Crippen LogP contribution in [0.25, 0.3) is 0 Å². The van der Waals surface area contributed by atoms with Gasteiger partial charge in [0, 0.05) is 43.4 Å². The first kappa shape index (κ1) is 16.3. The summed E-state index contributed by atoms with van der Waals surface area (Å²) in [5, 5.41) is 3.50. The van der Waals surface area contributed by atoms with Gasteiger partial charge in [-0.25, -0.2) is 0 Å². The highest BCUT2D eigenvalue weighted by Crippen LogP contribution is 2.24. The van der Waals surface area contributed by atoms with Gasteiger partial charge in [-0.1, -0.05) is 19.9 Å². The van der Waals surface area contributed by atoms with Crippen LogP contribution >= 0.6 is 0 Å². The van der Waals surface area contributed by atoms with Gasteiger partial charge in [0.2, 0.25) is 0 Å². The van der Waals surface area contributed by atoms with E-state index in [1.807, 2.05) is 0 Å². The van der Waals surface area contributed by atoms with Crippen LogP contribution < -0.4 is 10.2 Å². The third-order valence-electron chi connectivity index (χ3n) is 4.75. The van der Waals surface area contributed by atoms with Gasteiger partial charge >= 0.3 is 0 Å². The van der Waals surface area contributed by atoms with Crippen molar-refractivity contribution in [3.63, 3.8) is 0 Å². The number of piperazine rings is 1. The fourth-order valence-corrected chi connectivity index (χ4v) is 3.00. The van der Waals surface area contributed by atoms with Crippen LogP contribution in [0.1, 0.15) is 38.8 Å². The Morgan fingerprint density at radius 1 is 1.19 bits per heavy atom. The van der Waals surface area contributed by atoms with Crippen molar-refractivity contribution in [1.29, 1.82) is 0 Å². The van der Waals surface area contributed by atoms with Crippen molar-refractivity contribution in [1.82, 2.24) is 10.2 Å². The molecule has 1 aliphatic rings. The minimum Gasteiger partial charge on any atom is -0.368 e. The molecule has 0 aromatic heterocycles. The second-order valence-electron chi connectivity index (χ2n) is 6.91. The highest BCUT2D eigenvalue weighted by molar-refractivity contribution is 5.51. The summed E-state index contributed by atoms with van der Waals surface area (Å²) in [6, 6.07) is 8.67.